The molecule has 0 radical (unpaired) electrons. The Labute approximate surface area is 131 Å². The van der Waals surface area contributed by atoms with Crippen molar-refractivity contribution in [3.8, 4) is 0 Å². The summed E-state index contributed by atoms with van der Waals surface area (Å²) in [5.41, 5.74) is 1.97. The highest BCUT2D eigenvalue weighted by molar-refractivity contribution is 5.94. The number of carbonyl (C=O) groups is 1. The highest BCUT2D eigenvalue weighted by Crippen LogP contribution is 2.16. The lowest BCUT2D eigenvalue weighted by Gasteiger charge is -2.39. The highest BCUT2D eigenvalue weighted by atomic mass is 16.2. The molecule has 1 aliphatic heterocycles. The molecule has 1 N–H and O–H groups in total. The van der Waals surface area contributed by atoms with Crippen LogP contribution in [0.1, 0.15) is 22.8 Å². The Hall–Kier alpha value is -2.20. The van der Waals surface area contributed by atoms with E-state index in [4.69, 9.17) is 0 Å². The Morgan fingerprint density at radius 3 is 2.68 bits per heavy atom. The molecule has 1 fully saturated rings. The lowest BCUT2D eigenvalue weighted by atomic mass is 10.0. The number of nitrogens with zero attached hydrogens (tertiary/aromatic N) is 2. The summed E-state index contributed by atoms with van der Waals surface area (Å²) in [6.45, 7) is 3.68. The summed E-state index contributed by atoms with van der Waals surface area (Å²) in [6.07, 6.45) is 4.22. The normalized spacial score (nSPS) is 21.6. The maximum absolute atomic E-state index is 12.8. The molecule has 1 saturated heterocycles. The maximum Gasteiger partial charge on any atom is 0.254 e. The van der Waals surface area contributed by atoms with Crippen molar-refractivity contribution in [2.75, 3.05) is 13.1 Å². The molecule has 4 heteroatoms. The van der Waals surface area contributed by atoms with Crippen LogP contribution in [0.2, 0.25) is 0 Å². The standard InChI is InChI=1S/C18H21N3O/c1-14-13-21(18(22)16-7-9-19-10-8-16)17(12-20-14)11-15-5-3-2-4-6-15/h2-10,14,17,20H,11-13H2,1H3. The molecule has 3 rings (SSSR count). The molecule has 1 aromatic carbocycles. The molecule has 1 amide bonds. The molecule has 0 aliphatic carbocycles. The van der Waals surface area contributed by atoms with E-state index in [1.807, 2.05) is 23.1 Å². The molecule has 2 heterocycles. The van der Waals surface area contributed by atoms with Gasteiger partial charge in [-0.05, 0) is 31.0 Å². The number of amides is 1. The predicted octanol–water partition coefficient (Wildman–Crippen LogP) is 2.13. The lowest BCUT2D eigenvalue weighted by Crippen LogP contribution is -2.58. The molecule has 2 unspecified atom stereocenters. The van der Waals surface area contributed by atoms with E-state index in [-0.39, 0.29) is 11.9 Å². The molecule has 114 valence electrons. The maximum atomic E-state index is 12.8. The summed E-state index contributed by atoms with van der Waals surface area (Å²) in [4.78, 5) is 18.8. The largest absolute Gasteiger partial charge is 0.332 e. The summed E-state index contributed by atoms with van der Waals surface area (Å²) in [6, 6.07) is 14.4. The highest BCUT2D eigenvalue weighted by Gasteiger charge is 2.30. The van der Waals surface area contributed by atoms with Gasteiger partial charge in [0.15, 0.2) is 0 Å². The molecule has 1 aliphatic rings. The van der Waals surface area contributed by atoms with Crippen LogP contribution in [0, 0.1) is 0 Å². The van der Waals surface area contributed by atoms with E-state index < -0.39 is 0 Å². The van der Waals surface area contributed by atoms with Crippen LogP contribution < -0.4 is 5.32 Å². The van der Waals surface area contributed by atoms with E-state index in [1.165, 1.54) is 5.56 Å². The molecule has 2 atom stereocenters. The van der Waals surface area contributed by atoms with Gasteiger partial charge in [-0.1, -0.05) is 30.3 Å². The first-order valence-corrected chi connectivity index (χ1v) is 7.72. The van der Waals surface area contributed by atoms with Crippen LogP contribution >= 0.6 is 0 Å². The quantitative estimate of drug-likeness (QED) is 0.943. The van der Waals surface area contributed by atoms with Crippen LogP contribution in [0.25, 0.3) is 0 Å². The van der Waals surface area contributed by atoms with Gasteiger partial charge in [0.1, 0.15) is 0 Å². The van der Waals surface area contributed by atoms with E-state index in [0.717, 1.165) is 19.5 Å². The van der Waals surface area contributed by atoms with Gasteiger partial charge in [-0.15, -0.1) is 0 Å². The van der Waals surface area contributed by atoms with Crippen LogP contribution in [0.5, 0.6) is 0 Å². The van der Waals surface area contributed by atoms with Crippen LogP contribution in [0.15, 0.2) is 54.9 Å². The van der Waals surface area contributed by atoms with Crippen molar-refractivity contribution in [2.45, 2.75) is 25.4 Å². The van der Waals surface area contributed by atoms with Gasteiger partial charge in [0.25, 0.3) is 5.91 Å². The third kappa shape index (κ3) is 3.34. The second-order valence-electron chi connectivity index (χ2n) is 5.85. The van der Waals surface area contributed by atoms with E-state index in [0.29, 0.717) is 11.6 Å². The molecule has 1 aromatic heterocycles. The second kappa shape index (κ2) is 6.71. The predicted molar refractivity (Wildman–Crippen MR) is 86.7 cm³/mol. The molecular weight excluding hydrogens is 274 g/mol. The van der Waals surface area contributed by atoms with E-state index in [1.54, 1.807) is 24.5 Å². The summed E-state index contributed by atoms with van der Waals surface area (Å²) in [5, 5.41) is 3.48. The van der Waals surface area contributed by atoms with Crippen molar-refractivity contribution >= 4 is 5.91 Å². The number of rotatable bonds is 3. The average Bonchev–Trinajstić information content (AvgIpc) is 2.57. The fourth-order valence-corrected chi connectivity index (χ4v) is 2.93. The van der Waals surface area contributed by atoms with Crippen molar-refractivity contribution in [2.24, 2.45) is 0 Å². The van der Waals surface area contributed by atoms with Gasteiger partial charge in [-0.3, -0.25) is 9.78 Å². The van der Waals surface area contributed by atoms with Crippen molar-refractivity contribution in [1.29, 1.82) is 0 Å². The molecule has 22 heavy (non-hydrogen) atoms. The summed E-state index contributed by atoms with van der Waals surface area (Å²) >= 11 is 0. The lowest BCUT2D eigenvalue weighted by molar-refractivity contribution is 0.0593. The Bertz CT molecular complexity index is 615. The van der Waals surface area contributed by atoms with Crippen LogP contribution in [-0.2, 0) is 6.42 Å². The fraction of sp³-hybridized carbons (Fsp3) is 0.333. The van der Waals surface area contributed by atoms with Gasteiger partial charge in [0.05, 0.1) is 0 Å². The number of carbonyl (C=O) groups excluding carboxylic acids is 1. The number of hydrogen-bond acceptors (Lipinski definition) is 3. The van der Waals surface area contributed by atoms with Crippen molar-refractivity contribution in [3.63, 3.8) is 0 Å². The molecule has 0 bridgehead atoms. The van der Waals surface area contributed by atoms with Gasteiger partial charge in [0.2, 0.25) is 0 Å². The molecule has 2 aromatic rings. The van der Waals surface area contributed by atoms with Crippen molar-refractivity contribution in [3.05, 3.63) is 66.0 Å². The zero-order valence-corrected chi connectivity index (χ0v) is 12.8. The number of piperazine rings is 1. The molecule has 0 spiro atoms. The van der Waals surface area contributed by atoms with Crippen molar-refractivity contribution < 1.29 is 4.79 Å². The number of benzene rings is 1. The Balaban J connectivity index is 1.80. The zero-order valence-electron chi connectivity index (χ0n) is 12.8. The van der Waals surface area contributed by atoms with E-state index in [2.05, 4.69) is 29.4 Å². The van der Waals surface area contributed by atoms with Crippen molar-refractivity contribution in [1.82, 2.24) is 15.2 Å². The monoisotopic (exact) mass is 295 g/mol. The van der Waals surface area contributed by atoms with E-state index >= 15 is 0 Å². The minimum absolute atomic E-state index is 0.0941. The number of nitrogens with one attached hydrogen (secondary N) is 1. The number of aromatic nitrogens is 1. The molecule has 0 saturated carbocycles. The Morgan fingerprint density at radius 1 is 1.23 bits per heavy atom. The third-order valence-electron chi connectivity index (χ3n) is 4.12. The summed E-state index contributed by atoms with van der Waals surface area (Å²) < 4.78 is 0. The zero-order chi connectivity index (χ0) is 15.4. The van der Waals surface area contributed by atoms with Gasteiger partial charge >= 0.3 is 0 Å². The minimum atomic E-state index is 0.0941. The first-order chi connectivity index (χ1) is 10.7. The second-order valence-corrected chi connectivity index (χ2v) is 5.85. The SMILES string of the molecule is CC1CN(C(=O)c2ccncc2)C(Cc2ccccc2)CN1. The first kappa shape index (κ1) is 14.7. The van der Waals surface area contributed by atoms with E-state index in [9.17, 15) is 4.79 Å². The van der Waals surface area contributed by atoms with Gasteiger partial charge in [-0.25, -0.2) is 0 Å². The molecule has 4 nitrogen and oxygen atoms in total. The topological polar surface area (TPSA) is 45.2 Å². The Kier molecular flexibility index (Phi) is 4.49. The van der Waals surface area contributed by atoms with Crippen LogP contribution in [0.3, 0.4) is 0 Å². The summed E-state index contributed by atoms with van der Waals surface area (Å²) in [5.74, 6) is 0.0941. The molecular formula is C18H21N3O. The van der Waals surface area contributed by atoms with Crippen LogP contribution in [0.4, 0.5) is 0 Å². The minimum Gasteiger partial charge on any atom is -0.332 e. The summed E-state index contributed by atoms with van der Waals surface area (Å²) in [7, 11) is 0. The fourth-order valence-electron chi connectivity index (χ4n) is 2.93. The number of pyridine rings is 1. The smallest absolute Gasteiger partial charge is 0.254 e. The third-order valence-corrected chi connectivity index (χ3v) is 4.12. The van der Waals surface area contributed by atoms with Gasteiger partial charge < -0.3 is 10.2 Å². The number of hydrogen-bond donors (Lipinski definition) is 1. The average molecular weight is 295 g/mol. The first-order valence-electron chi connectivity index (χ1n) is 7.72. The Morgan fingerprint density at radius 2 is 1.95 bits per heavy atom. The van der Waals surface area contributed by atoms with Gasteiger partial charge in [0, 0.05) is 43.1 Å². The van der Waals surface area contributed by atoms with Crippen LogP contribution in [-0.4, -0.2) is 41.0 Å². The van der Waals surface area contributed by atoms with Gasteiger partial charge in [-0.2, -0.15) is 0 Å².